The van der Waals surface area contributed by atoms with Crippen molar-refractivity contribution in [3.63, 3.8) is 0 Å². The number of carbonyl (C=O) groups is 3. The molecule has 108 valence electrons. The van der Waals surface area contributed by atoms with Crippen LogP contribution in [0.2, 0.25) is 0 Å². The van der Waals surface area contributed by atoms with E-state index in [0.29, 0.717) is 6.42 Å². The van der Waals surface area contributed by atoms with Gasteiger partial charge in [-0.15, -0.1) is 0 Å². The standard InChI is InChI=1S/C14H24N2O3/c1-5-6-10(16-13(19)14(2,3)4)11(17)12(18)15-9-7-8-9/h9-10H,5-8H2,1-4H3,(H,15,18)(H,16,19)/t10-/m0/s1. The third-order valence-corrected chi connectivity index (χ3v) is 3.02. The number of Topliss-reactive ketones (excluding diaryl/α,β-unsaturated/α-hetero) is 1. The minimum atomic E-state index is -0.713. The molecule has 0 heterocycles. The Hall–Kier alpha value is -1.39. The molecule has 0 aliphatic heterocycles. The molecular formula is C14H24N2O3. The molecule has 5 heteroatoms. The van der Waals surface area contributed by atoms with Crippen LogP contribution in [0.3, 0.4) is 0 Å². The Morgan fingerprint density at radius 3 is 2.21 bits per heavy atom. The van der Waals surface area contributed by atoms with Gasteiger partial charge in [0.1, 0.15) is 0 Å². The molecule has 1 aliphatic rings. The minimum absolute atomic E-state index is 0.150. The summed E-state index contributed by atoms with van der Waals surface area (Å²) in [5.41, 5.74) is -0.570. The highest BCUT2D eigenvalue weighted by atomic mass is 16.2. The molecule has 5 nitrogen and oxygen atoms in total. The van der Waals surface area contributed by atoms with Gasteiger partial charge in [0, 0.05) is 11.5 Å². The van der Waals surface area contributed by atoms with Crippen LogP contribution in [0.25, 0.3) is 0 Å². The van der Waals surface area contributed by atoms with Gasteiger partial charge in [-0.05, 0) is 19.3 Å². The maximum Gasteiger partial charge on any atom is 0.289 e. The zero-order valence-corrected chi connectivity index (χ0v) is 12.2. The van der Waals surface area contributed by atoms with E-state index in [1.165, 1.54) is 0 Å². The third kappa shape index (κ3) is 5.01. The van der Waals surface area contributed by atoms with Crippen molar-refractivity contribution in [3.8, 4) is 0 Å². The lowest BCUT2D eigenvalue weighted by atomic mass is 9.94. The predicted molar refractivity (Wildman–Crippen MR) is 72.5 cm³/mol. The molecule has 19 heavy (non-hydrogen) atoms. The first-order valence-corrected chi connectivity index (χ1v) is 6.91. The molecule has 1 rings (SSSR count). The van der Waals surface area contributed by atoms with Crippen LogP contribution in [-0.4, -0.2) is 29.7 Å². The average Bonchev–Trinajstić information content (AvgIpc) is 3.09. The van der Waals surface area contributed by atoms with Crippen LogP contribution in [0, 0.1) is 5.41 Å². The van der Waals surface area contributed by atoms with Crippen molar-refractivity contribution >= 4 is 17.6 Å². The molecule has 1 fully saturated rings. The highest BCUT2D eigenvalue weighted by molar-refractivity contribution is 6.38. The van der Waals surface area contributed by atoms with E-state index in [0.717, 1.165) is 19.3 Å². The molecule has 0 aromatic carbocycles. The van der Waals surface area contributed by atoms with E-state index in [2.05, 4.69) is 10.6 Å². The second-order valence-corrected chi connectivity index (χ2v) is 6.18. The molecule has 1 aliphatic carbocycles. The lowest BCUT2D eigenvalue weighted by Crippen LogP contribution is -2.50. The Balaban J connectivity index is 2.61. The molecule has 0 radical (unpaired) electrons. The van der Waals surface area contributed by atoms with E-state index in [1.807, 2.05) is 6.92 Å². The van der Waals surface area contributed by atoms with E-state index < -0.39 is 23.1 Å². The van der Waals surface area contributed by atoms with Crippen LogP contribution >= 0.6 is 0 Å². The van der Waals surface area contributed by atoms with Gasteiger partial charge in [-0.2, -0.15) is 0 Å². The SMILES string of the molecule is CCC[C@H](NC(=O)C(C)(C)C)C(=O)C(=O)NC1CC1. The Morgan fingerprint density at radius 2 is 1.79 bits per heavy atom. The van der Waals surface area contributed by atoms with Crippen LogP contribution in [0.15, 0.2) is 0 Å². The zero-order valence-electron chi connectivity index (χ0n) is 12.2. The first-order valence-electron chi connectivity index (χ1n) is 6.91. The Morgan fingerprint density at radius 1 is 1.21 bits per heavy atom. The number of carbonyl (C=O) groups excluding carboxylic acids is 3. The second-order valence-electron chi connectivity index (χ2n) is 6.18. The Labute approximate surface area is 114 Å². The van der Waals surface area contributed by atoms with Crippen LogP contribution in [-0.2, 0) is 14.4 Å². The average molecular weight is 268 g/mol. The van der Waals surface area contributed by atoms with Crippen molar-refractivity contribution < 1.29 is 14.4 Å². The Kier molecular flexibility index (Phi) is 5.09. The lowest BCUT2D eigenvalue weighted by molar-refractivity contribution is -0.141. The number of hydrogen-bond donors (Lipinski definition) is 2. The normalized spacial score (nSPS) is 16.6. The molecule has 0 aromatic heterocycles. The maximum atomic E-state index is 12.0. The lowest BCUT2D eigenvalue weighted by Gasteiger charge is -2.23. The molecule has 2 N–H and O–H groups in total. The second kappa shape index (κ2) is 6.17. The summed E-state index contributed by atoms with van der Waals surface area (Å²) in [6, 6.07) is -0.562. The number of amides is 2. The fraction of sp³-hybridized carbons (Fsp3) is 0.786. The molecule has 0 bridgehead atoms. The Bertz CT molecular complexity index is 367. The van der Waals surface area contributed by atoms with E-state index >= 15 is 0 Å². The first-order chi connectivity index (χ1) is 8.75. The van der Waals surface area contributed by atoms with Crippen molar-refractivity contribution in [2.45, 2.75) is 65.5 Å². The summed E-state index contributed by atoms with van der Waals surface area (Å²) >= 11 is 0. The summed E-state index contributed by atoms with van der Waals surface area (Å²) in [7, 11) is 0. The summed E-state index contributed by atoms with van der Waals surface area (Å²) in [6.07, 6.45) is 3.09. The summed E-state index contributed by atoms with van der Waals surface area (Å²) in [6.45, 7) is 7.25. The van der Waals surface area contributed by atoms with Gasteiger partial charge < -0.3 is 10.6 Å². The number of hydrogen-bond acceptors (Lipinski definition) is 3. The van der Waals surface area contributed by atoms with Crippen molar-refractivity contribution in [2.75, 3.05) is 0 Å². The van der Waals surface area contributed by atoms with Gasteiger partial charge in [0.05, 0.1) is 6.04 Å². The summed E-state index contributed by atoms with van der Waals surface area (Å²) in [5, 5.41) is 5.35. The fourth-order valence-corrected chi connectivity index (χ4v) is 1.57. The quantitative estimate of drug-likeness (QED) is 0.710. The predicted octanol–water partition coefficient (Wildman–Crippen LogP) is 1.17. The topological polar surface area (TPSA) is 75.3 Å². The van der Waals surface area contributed by atoms with E-state index in [-0.39, 0.29) is 11.9 Å². The van der Waals surface area contributed by atoms with Gasteiger partial charge in [0.25, 0.3) is 5.91 Å². The molecule has 0 aromatic rings. The van der Waals surface area contributed by atoms with Crippen molar-refractivity contribution in [2.24, 2.45) is 5.41 Å². The summed E-state index contributed by atoms with van der Waals surface area (Å²) < 4.78 is 0. The van der Waals surface area contributed by atoms with Gasteiger partial charge in [-0.1, -0.05) is 34.1 Å². The molecule has 0 saturated heterocycles. The highest BCUT2D eigenvalue weighted by Crippen LogP contribution is 2.19. The van der Waals surface area contributed by atoms with E-state index in [1.54, 1.807) is 20.8 Å². The largest absolute Gasteiger partial charge is 0.347 e. The van der Waals surface area contributed by atoms with Gasteiger partial charge in [-0.25, -0.2) is 0 Å². The van der Waals surface area contributed by atoms with Crippen molar-refractivity contribution in [3.05, 3.63) is 0 Å². The minimum Gasteiger partial charge on any atom is -0.347 e. The first kappa shape index (κ1) is 15.7. The van der Waals surface area contributed by atoms with Gasteiger partial charge in [0.2, 0.25) is 11.7 Å². The van der Waals surface area contributed by atoms with Crippen LogP contribution in [0.4, 0.5) is 0 Å². The molecule has 2 amide bonds. The van der Waals surface area contributed by atoms with Crippen molar-refractivity contribution in [1.82, 2.24) is 10.6 Å². The van der Waals surface area contributed by atoms with Crippen LogP contribution in [0.1, 0.15) is 53.4 Å². The van der Waals surface area contributed by atoms with E-state index in [9.17, 15) is 14.4 Å². The summed E-state index contributed by atoms with van der Waals surface area (Å²) in [4.78, 5) is 35.7. The van der Waals surface area contributed by atoms with Crippen LogP contribution < -0.4 is 10.6 Å². The van der Waals surface area contributed by atoms with Gasteiger partial charge >= 0.3 is 0 Å². The van der Waals surface area contributed by atoms with Gasteiger partial charge in [0.15, 0.2) is 0 Å². The van der Waals surface area contributed by atoms with Gasteiger partial charge in [-0.3, -0.25) is 14.4 Å². The number of nitrogens with one attached hydrogen (secondary N) is 2. The van der Waals surface area contributed by atoms with Crippen LogP contribution in [0.5, 0.6) is 0 Å². The number of ketones is 1. The molecule has 1 saturated carbocycles. The molecular weight excluding hydrogens is 244 g/mol. The molecule has 0 spiro atoms. The monoisotopic (exact) mass is 268 g/mol. The van der Waals surface area contributed by atoms with E-state index in [4.69, 9.17) is 0 Å². The molecule has 1 atom stereocenters. The number of rotatable bonds is 6. The highest BCUT2D eigenvalue weighted by Gasteiger charge is 2.32. The van der Waals surface area contributed by atoms with Crippen molar-refractivity contribution in [1.29, 1.82) is 0 Å². The smallest absolute Gasteiger partial charge is 0.289 e. The zero-order chi connectivity index (χ0) is 14.6. The summed E-state index contributed by atoms with van der Waals surface area (Å²) in [5.74, 6) is -1.32. The fourth-order valence-electron chi connectivity index (χ4n) is 1.57. The maximum absolute atomic E-state index is 12.0. The third-order valence-electron chi connectivity index (χ3n) is 3.02. The molecule has 0 unspecified atom stereocenters.